The Hall–Kier alpha value is -0.610. The molecule has 3 N–H and O–H groups in total. The predicted octanol–water partition coefficient (Wildman–Crippen LogP) is 1.44. The van der Waals surface area contributed by atoms with E-state index >= 15 is 0 Å². The summed E-state index contributed by atoms with van der Waals surface area (Å²) in [6, 6.07) is 0.284. The smallest absolute Gasteiger partial charge is 0.227 e. The molecule has 0 spiro atoms. The number of carbonyl (C=O) groups is 1. The summed E-state index contributed by atoms with van der Waals surface area (Å²) in [5, 5.41) is 3.21. The fourth-order valence-corrected chi connectivity index (χ4v) is 3.22. The molecule has 2 rings (SSSR count). The van der Waals surface area contributed by atoms with Gasteiger partial charge in [-0.2, -0.15) is 0 Å². The molecule has 1 saturated carbocycles. The Morgan fingerprint density at radius 3 is 2.56 bits per heavy atom. The largest absolute Gasteiger partial charge is 0.381 e. The van der Waals surface area contributed by atoms with Gasteiger partial charge < -0.3 is 15.8 Å². The average molecular weight is 254 g/mol. The molecular formula is C14H26N2O2. The molecule has 2 fully saturated rings. The summed E-state index contributed by atoms with van der Waals surface area (Å²) in [5.74, 6) is 0.802. The van der Waals surface area contributed by atoms with Crippen LogP contribution in [0.5, 0.6) is 0 Å². The maximum absolute atomic E-state index is 12.5. The van der Waals surface area contributed by atoms with Crippen molar-refractivity contribution in [2.45, 2.75) is 51.5 Å². The van der Waals surface area contributed by atoms with Gasteiger partial charge in [0.05, 0.1) is 5.41 Å². The van der Waals surface area contributed by atoms with Gasteiger partial charge in [-0.1, -0.05) is 12.8 Å². The Morgan fingerprint density at radius 1 is 1.39 bits per heavy atom. The third kappa shape index (κ3) is 2.86. The van der Waals surface area contributed by atoms with Crippen LogP contribution in [0.4, 0.5) is 0 Å². The first-order chi connectivity index (χ1) is 8.68. The zero-order valence-corrected chi connectivity index (χ0v) is 11.4. The van der Waals surface area contributed by atoms with Crippen LogP contribution in [0.2, 0.25) is 0 Å². The lowest BCUT2D eigenvalue weighted by atomic mass is 9.79. The highest BCUT2D eigenvalue weighted by atomic mass is 16.5. The number of amides is 1. The molecular weight excluding hydrogens is 228 g/mol. The van der Waals surface area contributed by atoms with Crippen LogP contribution in [-0.4, -0.2) is 31.7 Å². The van der Waals surface area contributed by atoms with Crippen molar-refractivity contribution in [3.8, 4) is 0 Å². The Bertz CT molecular complexity index is 282. The number of rotatable bonds is 4. The SMILES string of the molecule is CC(NC(=O)C1(CN)CCOCC1)C1CCCC1. The summed E-state index contributed by atoms with van der Waals surface area (Å²) in [6.45, 7) is 3.88. The van der Waals surface area contributed by atoms with Gasteiger partial charge in [0.25, 0.3) is 0 Å². The van der Waals surface area contributed by atoms with E-state index in [1.807, 2.05) is 0 Å². The van der Waals surface area contributed by atoms with Crippen LogP contribution in [0.25, 0.3) is 0 Å². The van der Waals surface area contributed by atoms with Crippen molar-refractivity contribution in [2.24, 2.45) is 17.1 Å². The van der Waals surface area contributed by atoms with Crippen molar-refractivity contribution in [3.63, 3.8) is 0 Å². The van der Waals surface area contributed by atoms with Gasteiger partial charge in [0.15, 0.2) is 0 Å². The summed E-state index contributed by atoms with van der Waals surface area (Å²) >= 11 is 0. The van der Waals surface area contributed by atoms with E-state index in [1.54, 1.807) is 0 Å². The van der Waals surface area contributed by atoms with Crippen LogP contribution in [0, 0.1) is 11.3 Å². The number of hydrogen-bond donors (Lipinski definition) is 2. The van der Waals surface area contributed by atoms with Gasteiger partial charge in [-0.3, -0.25) is 4.79 Å². The van der Waals surface area contributed by atoms with Gasteiger partial charge in [0, 0.05) is 25.8 Å². The van der Waals surface area contributed by atoms with E-state index in [4.69, 9.17) is 10.5 Å². The van der Waals surface area contributed by atoms with E-state index in [1.165, 1.54) is 25.7 Å². The van der Waals surface area contributed by atoms with Gasteiger partial charge >= 0.3 is 0 Å². The highest BCUT2D eigenvalue weighted by molar-refractivity contribution is 5.83. The zero-order valence-electron chi connectivity index (χ0n) is 11.4. The Balaban J connectivity index is 1.92. The van der Waals surface area contributed by atoms with Crippen LogP contribution in [0.3, 0.4) is 0 Å². The number of carbonyl (C=O) groups excluding carboxylic acids is 1. The summed E-state index contributed by atoms with van der Waals surface area (Å²) in [6.07, 6.45) is 6.63. The summed E-state index contributed by atoms with van der Waals surface area (Å²) in [7, 11) is 0. The highest BCUT2D eigenvalue weighted by Crippen LogP contribution is 2.31. The van der Waals surface area contributed by atoms with Gasteiger partial charge in [0.2, 0.25) is 5.91 Å². The fourth-order valence-electron chi connectivity index (χ4n) is 3.22. The minimum absolute atomic E-state index is 0.146. The second kappa shape index (κ2) is 6.02. The molecule has 1 aliphatic heterocycles. The minimum atomic E-state index is -0.384. The van der Waals surface area contributed by atoms with Crippen LogP contribution < -0.4 is 11.1 Å². The zero-order chi connectivity index (χ0) is 13.0. The molecule has 2 aliphatic rings. The second-order valence-corrected chi connectivity index (χ2v) is 5.90. The molecule has 0 radical (unpaired) electrons. The Morgan fingerprint density at radius 2 is 2.00 bits per heavy atom. The van der Waals surface area contributed by atoms with E-state index < -0.39 is 0 Å². The van der Waals surface area contributed by atoms with E-state index in [-0.39, 0.29) is 17.4 Å². The van der Waals surface area contributed by atoms with Crippen molar-refractivity contribution in [1.29, 1.82) is 0 Å². The average Bonchev–Trinajstić information content (AvgIpc) is 2.93. The highest BCUT2D eigenvalue weighted by Gasteiger charge is 2.39. The quantitative estimate of drug-likeness (QED) is 0.798. The van der Waals surface area contributed by atoms with E-state index in [9.17, 15) is 4.79 Å². The molecule has 1 amide bonds. The minimum Gasteiger partial charge on any atom is -0.381 e. The van der Waals surface area contributed by atoms with Crippen LogP contribution >= 0.6 is 0 Å². The molecule has 0 aromatic heterocycles. The van der Waals surface area contributed by atoms with Crippen molar-refractivity contribution >= 4 is 5.91 Å². The third-order valence-corrected chi connectivity index (χ3v) is 4.79. The molecule has 1 atom stereocenters. The molecule has 1 aliphatic carbocycles. The topological polar surface area (TPSA) is 64.4 Å². The maximum Gasteiger partial charge on any atom is 0.227 e. The lowest BCUT2D eigenvalue weighted by Crippen LogP contribution is -2.52. The molecule has 1 unspecified atom stereocenters. The van der Waals surface area contributed by atoms with Gasteiger partial charge in [-0.05, 0) is 38.5 Å². The third-order valence-electron chi connectivity index (χ3n) is 4.79. The molecule has 0 aromatic rings. The first kappa shape index (κ1) is 13.8. The number of nitrogens with one attached hydrogen (secondary N) is 1. The molecule has 4 nitrogen and oxygen atoms in total. The van der Waals surface area contributed by atoms with E-state index in [0.717, 1.165) is 12.8 Å². The Kier molecular flexibility index (Phi) is 4.62. The lowest BCUT2D eigenvalue weighted by Gasteiger charge is -2.36. The summed E-state index contributed by atoms with van der Waals surface area (Å²) in [4.78, 5) is 12.5. The molecule has 0 aromatic carbocycles. The van der Waals surface area contributed by atoms with Gasteiger partial charge in [-0.15, -0.1) is 0 Å². The molecule has 1 heterocycles. The fraction of sp³-hybridized carbons (Fsp3) is 0.929. The Labute approximate surface area is 110 Å². The van der Waals surface area contributed by atoms with Gasteiger partial charge in [-0.25, -0.2) is 0 Å². The molecule has 0 bridgehead atoms. The monoisotopic (exact) mass is 254 g/mol. The van der Waals surface area contributed by atoms with E-state index in [0.29, 0.717) is 25.7 Å². The number of hydrogen-bond acceptors (Lipinski definition) is 3. The molecule has 18 heavy (non-hydrogen) atoms. The van der Waals surface area contributed by atoms with Crippen LogP contribution in [0.1, 0.15) is 45.4 Å². The van der Waals surface area contributed by atoms with Gasteiger partial charge in [0.1, 0.15) is 0 Å². The second-order valence-electron chi connectivity index (χ2n) is 5.90. The van der Waals surface area contributed by atoms with Crippen molar-refractivity contribution in [1.82, 2.24) is 5.32 Å². The van der Waals surface area contributed by atoms with Crippen molar-refractivity contribution < 1.29 is 9.53 Å². The standard InChI is InChI=1S/C14H26N2O2/c1-11(12-4-2-3-5-12)16-13(17)14(10-15)6-8-18-9-7-14/h11-12H,2-10,15H2,1H3,(H,16,17). The first-order valence-electron chi connectivity index (χ1n) is 7.27. The van der Waals surface area contributed by atoms with Crippen LogP contribution in [0.15, 0.2) is 0 Å². The van der Waals surface area contributed by atoms with Crippen molar-refractivity contribution in [2.75, 3.05) is 19.8 Å². The van der Waals surface area contributed by atoms with E-state index in [2.05, 4.69) is 12.2 Å². The molecule has 1 saturated heterocycles. The first-order valence-corrected chi connectivity index (χ1v) is 7.27. The molecule has 104 valence electrons. The van der Waals surface area contributed by atoms with Crippen molar-refractivity contribution in [3.05, 3.63) is 0 Å². The lowest BCUT2D eigenvalue weighted by molar-refractivity contribution is -0.136. The normalized spacial score (nSPS) is 25.9. The van der Waals surface area contributed by atoms with Crippen LogP contribution in [-0.2, 0) is 9.53 Å². The molecule has 4 heteroatoms. The summed E-state index contributed by atoms with van der Waals surface area (Å²) < 4.78 is 5.35. The number of nitrogens with two attached hydrogens (primary N) is 1. The number of ether oxygens (including phenoxy) is 1. The maximum atomic E-state index is 12.5. The predicted molar refractivity (Wildman–Crippen MR) is 71.1 cm³/mol. The summed E-state index contributed by atoms with van der Waals surface area (Å²) in [5.41, 5.74) is 5.47.